The van der Waals surface area contributed by atoms with Crippen molar-refractivity contribution >= 4 is 23.7 Å². The van der Waals surface area contributed by atoms with E-state index >= 15 is 0 Å². The predicted molar refractivity (Wildman–Crippen MR) is 68.7 cm³/mol. The summed E-state index contributed by atoms with van der Waals surface area (Å²) < 4.78 is 4.54. The van der Waals surface area contributed by atoms with Crippen molar-refractivity contribution < 1.29 is 24.2 Å². The Kier molecular flexibility index (Phi) is 3.69. The van der Waals surface area contributed by atoms with Crippen molar-refractivity contribution in [3.05, 3.63) is 23.4 Å². The number of methoxy groups -OCH3 is 1. The van der Waals surface area contributed by atoms with Crippen molar-refractivity contribution in [2.75, 3.05) is 12.0 Å². The average Bonchev–Trinajstić information content (AvgIpc) is 2.76. The number of carbonyl (C=O) groups excluding carboxylic acids is 2. The molecule has 2 heterocycles. The number of carboxylic acids is 1. The Labute approximate surface area is 115 Å². The first-order valence-corrected chi connectivity index (χ1v) is 6.09. The normalized spacial score (nSPS) is 18.2. The zero-order chi connectivity index (χ0) is 14.9. The lowest BCUT2D eigenvalue weighted by atomic mass is 10.2. The third kappa shape index (κ3) is 2.47. The van der Waals surface area contributed by atoms with E-state index in [2.05, 4.69) is 9.72 Å². The Balaban J connectivity index is 2.52. The minimum atomic E-state index is -1.20. The molecule has 1 N–H and O–H groups in total. The lowest BCUT2D eigenvalue weighted by molar-refractivity contribution is -0.117. The van der Waals surface area contributed by atoms with Gasteiger partial charge in [0.2, 0.25) is 5.91 Å². The van der Waals surface area contributed by atoms with Gasteiger partial charge in [-0.15, -0.1) is 0 Å². The first kappa shape index (κ1) is 14.0. The fourth-order valence-corrected chi connectivity index (χ4v) is 2.15. The molecule has 0 aromatic carbocycles. The van der Waals surface area contributed by atoms with Gasteiger partial charge < -0.3 is 9.84 Å². The van der Waals surface area contributed by atoms with Crippen LogP contribution in [0.2, 0.25) is 0 Å². The third-order valence-corrected chi connectivity index (χ3v) is 3.19. The summed E-state index contributed by atoms with van der Waals surface area (Å²) in [6.07, 6.45) is 1.05. The van der Waals surface area contributed by atoms with E-state index in [9.17, 15) is 14.4 Å². The quantitative estimate of drug-likeness (QED) is 0.831. The molecule has 2 rings (SSSR count). The SMILES string of the molecule is COC(=O)c1cc(C(=O)O)cc(N2C(=O)CCC2C)n1. The fraction of sp³-hybridized carbons (Fsp3) is 0.385. The molecular weight excluding hydrogens is 264 g/mol. The number of amides is 1. The monoisotopic (exact) mass is 278 g/mol. The highest BCUT2D eigenvalue weighted by Crippen LogP contribution is 2.26. The molecule has 0 aliphatic carbocycles. The van der Waals surface area contributed by atoms with Gasteiger partial charge in [-0.3, -0.25) is 9.69 Å². The Hall–Kier alpha value is -2.44. The molecule has 7 heteroatoms. The molecule has 1 saturated heterocycles. The average molecular weight is 278 g/mol. The second-order valence-corrected chi connectivity index (χ2v) is 4.55. The Morgan fingerprint density at radius 3 is 2.65 bits per heavy atom. The van der Waals surface area contributed by atoms with Crippen LogP contribution < -0.4 is 4.90 Å². The van der Waals surface area contributed by atoms with Crippen molar-refractivity contribution in [1.82, 2.24) is 4.98 Å². The van der Waals surface area contributed by atoms with E-state index in [-0.39, 0.29) is 29.0 Å². The zero-order valence-electron chi connectivity index (χ0n) is 11.1. The molecule has 0 bridgehead atoms. The number of carboxylic acid groups (broad SMARTS) is 1. The lowest BCUT2D eigenvalue weighted by Crippen LogP contribution is -2.32. The maximum Gasteiger partial charge on any atom is 0.356 e. The summed E-state index contributed by atoms with van der Waals surface area (Å²) in [4.78, 5) is 39.9. The maximum absolute atomic E-state index is 11.8. The van der Waals surface area contributed by atoms with Crippen LogP contribution in [0.3, 0.4) is 0 Å². The van der Waals surface area contributed by atoms with Crippen LogP contribution in [0.25, 0.3) is 0 Å². The summed E-state index contributed by atoms with van der Waals surface area (Å²) in [7, 11) is 1.18. The van der Waals surface area contributed by atoms with Gasteiger partial charge in [-0.1, -0.05) is 0 Å². The second-order valence-electron chi connectivity index (χ2n) is 4.55. The number of anilines is 1. The van der Waals surface area contributed by atoms with Gasteiger partial charge in [0.25, 0.3) is 0 Å². The summed E-state index contributed by atoms with van der Waals surface area (Å²) in [6.45, 7) is 1.85. The molecule has 1 fully saturated rings. The van der Waals surface area contributed by atoms with E-state index in [1.54, 1.807) is 0 Å². The number of esters is 1. The molecule has 1 unspecified atom stereocenters. The second kappa shape index (κ2) is 5.28. The van der Waals surface area contributed by atoms with Crippen LogP contribution in [0.1, 0.15) is 40.6 Å². The van der Waals surface area contributed by atoms with E-state index in [1.807, 2.05) is 6.92 Å². The number of hydrogen-bond acceptors (Lipinski definition) is 5. The third-order valence-electron chi connectivity index (χ3n) is 3.19. The molecule has 1 aliphatic rings. The van der Waals surface area contributed by atoms with Gasteiger partial charge in [-0.25, -0.2) is 14.6 Å². The van der Waals surface area contributed by atoms with Crippen molar-refractivity contribution in [3.8, 4) is 0 Å². The first-order chi connectivity index (χ1) is 9.43. The Bertz CT molecular complexity index is 584. The number of rotatable bonds is 3. The summed E-state index contributed by atoms with van der Waals surface area (Å²) in [5, 5.41) is 9.08. The number of aromatic carboxylic acids is 1. The molecule has 1 aromatic rings. The van der Waals surface area contributed by atoms with Gasteiger partial charge in [0, 0.05) is 12.5 Å². The van der Waals surface area contributed by atoms with Gasteiger partial charge in [0.05, 0.1) is 12.7 Å². The summed E-state index contributed by atoms with van der Waals surface area (Å²) in [5.74, 6) is -1.91. The smallest absolute Gasteiger partial charge is 0.356 e. The molecule has 1 aliphatic heterocycles. The molecule has 0 radical (unpaired) electrons. The first-order valence-electron chi connectivity index (χ1n) is 6.09. The van der Waals surface area contributed by atoms with Crippen molar-refractivity contribution in [2.24, 2.45) is 0 Å². The van der Waals surface area contributed by atoms with Crippen molar-refractivity contribution in [3.63, 3.8) is 0 Å². The van der Waals surface area contributed by atoms with Crippen LogP contribution in [-0.2, 0) is 9.53 Å². The number of nitrogens with zero attached hydrogens (tertiary/aromatic N) is 2. The highest BCUT2D eigenvalue weighted by Gasteiger charge is 2.31. The predicted octanol–water partition coefficient (Wildman–Crippen LogP) is 1.08. The largest absolute Gasteiger partial charge is 0.478 e. The molecule has 1 atom stereocenters. The van der Waals surface area contributed by atoms with Crippen LogP contribution in [0.4, 0.5) is 5.82 Å². The number of ether oxygens (including phenoxy) is 1. The Morgan fingerprint density at radius 2 is 2.15 bits per heavy atom. The Morgan fingerprint density at radius 1 is 1.45 bits per heavy atom. The maximum atomic E-state index is 11.8. The highest BCUT2D eigenvalue weighted by molar-refractivity contribution is 5.99. The molecule has 106 valence electrons. The number of carbonyl (C=O) groups is 3. The molecule has 7 nitrogen and oxygen atoms in total. The van der Waals surface area contributed by atoms with Gasteiger partial charge in [-0.05, 0) is 25.5 Å². The minimum Gasteiger partial charge on any atom is -0.478 e. The van der Waals surface area contributed by atoms with Crippen LogP contribution in [0.15, 0.2) is 12.1 Å². The van der Waals surface area contributed by atoms with Gasteiger partial charge >= 0.3 is 11.9 Å². The number of pyridine rings is 1. The van der Waals surface area contributed by atoms with Crippen LogP contribution >= 0.6 is 0 Å². The van der Waals surface area contributed by atoms with Crippen LogP contribution in [0.5, 0.6) is 0 Å². The number of hydrogen-bond donors (Lipinski definition) is 1. The molecule has 1 amide bonds. The molecular formula is C13H14N2O5. The fourth-order valence-electron chi connectivity index (χ4n) is 2.15. The molecule has 0 spiro atoms. The van der Waals surface area contributed by atoms with E-state index < -0.39 is 11.9 Å². The van der Waals surface area contributed by atoms with Crippen LogP contribution in [0, 0.1) is 0 Å². The topological polar surface area (TPSA) is 96.8 Å². The molecule has 1 aromatic heterocycles. The summed E-state index contributed by atoms with van der Waals surface area (Å²) in [6, 6.07) is 2.33. The summed E-state index contributed by atoms with van der Waals surface area (Å²) in [5.41, 5.74) is -0.239. The standard InChI is InChI=1S/C13H14N2O5/c1-7-3-4-11(16)15(7)10-6-8(12(17)18)5-9(14-10)13(19)20-2/h5-7H,3-4H2,1-2H3,(H,17,18). The highest BCUT2D eigenvalue weighted by atomic mass is 16.5. The molecule has 20 heavy (non-hydrogen) atoms. The van der Waals surface area contributed by atoms with Crippen LogP contribution in [-0.4, -0.2) is 41.1 Å². The van der Waals surface area contributed by atoms with Gasteiger partial charge in [-0.2, -0.15) is 0 Å². The molecule has 0 saturated carbocycles. The minimum absolute atomic E-state index is 0.0791. The van der Waals surface area contributed by atoms with E-state index in [0.717, 1.165) is 6.07 Å². The zero-order valence-corrected chi connectivity index (χ0v) is 11.1. The van der Waals surface area contributed by atoms with E-state index in [0.29, 0.717) is 12.8 Å². The van der Waals surface area contributed by atoms with Gasteiger partial charge in [0.15, 0.2) is 5.69 Å². The van der Waals surface area contributed by atoms with E-state index in [1.165, 1.54) is 18.1 Å². The van der Waals surface area contributed by atoms with Crippen molar-refractivity contribution in [2.45, 2.75) is 25.8 Å². The number of aromatic nitrogens is 1. The lowest BCUT2D eigenvalue weighted by Gasteiger charge is -2.21. The van der Waals surface area contributed by atoms with Crippen molar-refractivity contribution in [1.29, 1.82) is 0 Å². The van der Waals surface area contributed by atoms with E-state index in [4.69, 9.17) is 5.11 Å². The summed E-state index contributed by atoms with van der Waals surface area (Å²) >= 11 is 0. The van der Waals surface area contributed by atoms with Gasteiger partial charge in [0.1, 0.15) is 5.82 Å².